The Bertz CT molecular complexity index is 910. The van der Waals surface area contributed by atoms with Crippen molar-refractivity contribution in [3.05, 3.63) is 58.4 Å². The highest BCUT2D eigenvalue weighted by Gasteiger charge is 2.14. The van der Waals surface area contributed by atoms with E-state index < -0.39 is 0 Å². The summed E-state index contributed by atoms with van der Waals surface area (Å²) >= 11 is 2.61. The van der Waals surface area contributed by atoms with Gasteiger partial charge in [-0.1, -0.05) is 11.3 Å². The lowest BCUT2D eigenvalue weighted by molar-refractivity contribution is -0.118. The number of benzene rings is 1. The maximum Gasteiger partial charge on any atom is 0.286 e. The molecule has 0 aliphatic carbocycles. The number of ether oxygens (including phenoxy) is 1. The average Bonchev–Trinajstić information content (AvgIpc) is 3.39. The number of carbonyl (C=O) groups is 2. The van der Waals surface area contributed by atoms with Crippen LogP contribution in [0.3, 0.4) is 0 Å². The molecule has 2 amide bonds. The molecule has 0 saturated carbocycles. The van der Waals surface area contributed by atoms with Gasteiger partial charge in [0.1, 0.15) is 16.5 Å². The van der Waals surface area contributed by atoms with Crippen molar-refractivity contribution in [2.75, 3.05) is 18.2 Å². The van der Waals surface area contributed by atoms with Crippen LogP contribution in [0.4, 0.5) is 5.69 Å². The third kappa shape index (κ3) is 5.83. The molecule has 0 saturated heterocycles. The molecule has 3 rings (SSSR count). The quantitative estimate of drug-likeness (QED) is 0.550. The van der Waals surface area contributed by atoms with Gasteiger partial charge in [0, 0.05) is 11.4 Å². The summed E-state index contributed by atoms with van der Waals surface area (Å²) < 4.78 is 10.2. The van der Waals surface area contributed by atoms with Gasteiger partial charge in [-0.25, -0.2) is 0 Å². The van der Waals surface area contributed by atoms with E-state index in [1.54, 1.807) is 49.8 Å². The fourth-order valence-corrected chi connectivity index (χ4v) is 3.78. The highest BCUT2D eigenvalue weighted by atomic mass is 32.2. The minimum Gasteiger partial charge on any atom is -0.497 e. The number of amides is 2. The van der Waals surface area contributed by atoms with Gasteiger partial charge in [0.25, 0.3) is 5.91 Å². The number of nitrogens with one attached hydrogen (secondary N) is 2. The molecule has 146 valence electrons. The Kier molecular flexibility index (Phi) is 7.04. The summed E-state index contributed by atoms with van der Waals surface area (Å²) in [5.41, 5.74) is 0.644. The highest BCUT2D eigenvalue weighted by Crippen LogP contribution is 2.19. The Hall–Kier alpha value is -2.85. The molecule has 0 atom stereocenters. The second-order valence-electron chi connectivity index (χ2n) is 5.53. The monoisotopic (exact) mass is 418 g/mol. The minimum atomic E-state index is -0.324. The molecule has 2 aromatic heterocycles. The van der Waals surface area contributed by atoms with Crippen LogP contribution >= 0.6 is 23.1 Å². The van der Waals surface area contributed by atoms with Gasteiger partial charge in [-0.15, -0.1) is 22.0 Å². The Morgan fingerprint density at radius 3 is 2.75 bits per heavy atom. The summed E-state index contributed by atoms with van der Waals surface area (Å²) in [7, 11) is 1.58. The standard InChI is InChI=1S/C18H18N4O4S2/c1-25-13-6-4-12(5-7-13)20-17(24)18-22-21-16(28-18)11-27-10-15(23)19-9-14-3-2-8-26-14/h2-8H,9-11H2,1H3,(H,19,23)(H,20,24). The Morgan fingerprint density at radius 1 is 1.21 bits per heavy atom. The number of anilines is 1. The van der Waals surface area contributed by atoms with E-state index in [1.165, 1.54) is 23.1 Å². The molecule has 0 radical (unpaired) electrons. The number of carbonyl (C=O) groups excluding carboxylic acids is 2. The molecule has 2 N–H and O–H groups in total. The van der Waals surface area contributed by atoms with E-state index in [9.17, 15) is 9.59 Å². The Morgan fingerprint density at radius 2 is 2.04 bits per heavy atom. The first-order chi connectivity index (χ1) is 13.6. The van der Waals surface area contributed by atoms with Crippen LogP contribution in [-0.4, -0.2) is 34.9 Å². The van der Waals surface area contributed by atoms with Crippen molar-refractivity contribution < 1.29 is 18.7 Å². The molecule has 1 aromatic carbocycles. The van der Waals surface area contributed by atoms with Crippen LogP contribution in [0.15, 0.2) is 47.1 Å². The number of aromatic nitrogens is 2. The van der Waals surface area contributed by atoms with Crippen molar-refractivity contribution in [2.45, 2.75) is 12.3 Å². The SMILES string of the molecule is COc1ccc(NC(=O)c2nnc(CSCC(=O)NCc3ccco3)s2)cc1. The molecule has 2 heterocycles. The zero-order chi connectivity index (χ0) is 19.8. The predicted octanol–water partition coefficient (Wildman–Crippen LogP) is 2.94. The van der Waals surface area contributed by atoms with Crippen molar-refractivity contribution in [1.82, 2.24) is 15.5 Å². The number of nitrogens with zero attached hydrogens (tertiary/aromatic N) is 2. The van der Waals surface area contributed by atoms with Crippen molar-refractivity contribution in [2.24, 2.45) is 0 Å². The Labute approximate surface area is 169 Å². The number of furan rings is 1. The molecule has 8 nitrogen and oxygen atoms in total. The second kappa shape index (κ2) is 9.90. The molecule has 10 heteroatoms. The van der Waals surface area contributed by atoms with E-state index in [-0.39, 0.29) is 22.6 Å². The van der Waals surface area contributed by atoms with E-state index in [0.29, 0.717) is 34.5 Å². The van der Waals surface area contributed by atoms with E-state index in [0.717, 1.165) is 0 Å². The molecule has 0 bridgehead atoms. The molecule has 0 fully saturated rings. The fourth-order valence-electron chi connectivity index (χ4n) is 2.14. The summed E-state index contributed by atoms with van der Waals surface area (Å²) in [5, 5.41) is 14.4. The van der Waals surface area contributed by atoms with Gasteiger partial charge in [-0.3, -0.25) is 9.59 Å². The van der Waals surface area contributed by atoms with Gasteiger partial charge in [0.05, 0.1) is 25.7 Å². The fraction of sp³-hybridized carbons (Fsp3) is 0.222. The Balaban J connectivity index is 1.41. The maximum atomic E-state index is 12.2. The van der Waals surface area contributed by atoms with Gasteiger partial charge < -0.3 is 19.8 Å². The van der Waals surface area contributed by atoms with Crippen LogP contribution < -0.4 is 15.4 Å². The molecule has 0 spiro atoms. The van der Waals surface area contributed by atoms with Crippen molar-refractivity contribution in [3.63, 3.8) is 0 Å². The van der Waals surface area contributed by atoms with Gasteiger partial charge >= 0.3 is 0 Å². The molecule has 0 aliphatic heterocycles. The lowest BCUT2D eigenvalue weighted by atomic mass is 10.3. The topological polar surface area (TPSA) is 106 Å². The summed E-state index contributed by atoms with van der Waals surface area (Å²) in [6.45, 7) is 0.362. The lowest BCUT2D eigenvalue weighted by Gasteiger charge is -2.04. The molecule has 0 aliphatic rings. The van der Waals surface area contributed by atoms with Gasteiger partial charge in [-0.05, 0) is 36.4 Å². The molecule has 0 unspecified atom stereocenters. The van der Waals surface area contributed by atoms with Gasteiger partial charge in [0.15, 0.2) is 0 Å². The summed E-state index contributed by atoms with van der Waals surface area (Å²) in [6, 6.07) is 10.6. The molecule has 3 aromatic rings. The summed E-state index contributed by atoms with van der Waals surface area (Å²) in [5.74, 6) is 1.78. The van der Waals surface area contributed by atoms with Crippen LogP contribution in [-0.2, 0) is 17.1 Å². The number of hydrogen-bond acceptors (Lipinski definition) is 8. The van der Waals surface area contributed by atoms with Crippen molar-refractivity contribution in [1.29, 1.82) is 0 Å². The predicted molar refractivity (Wildman–Crippen MR) is 108 cm³/mol. The zero-order valence-electron chi connectivity index (χ0n) is 15.0. The van der Waals surface area contributed by atoms with Crippen LogP contribution in [0.1, 0.15) is 20.6 Å². The minimum absolute atomic E-state index is 0.0941. The first kappa shape index (κ1) is 19.9. The number of rotatable bonds is 9. The third-order valence-electron chi connectivity index (χ3n) is 3.51. The van der Waals surface area contributed by atoms with Gasteiger partial charge in [0.2, 0.25) is 10.9 Å². The molecular weight excluding hydrogens is 400 g/mol. The van der Waals surface area contributed by atoms with Crippen LogP contribution in [0, 0.1) is 0 Å². The second-order valence-corrected chi connectivity index (χ2v) is 7.58. The maximum absolute atomic E-state index is 12.2. The van der Waals surface area contributed by atoms with Crippen molar-refractivity contribution in [3.8, 4) is 5.75 Å². The largest absolute Gasteiger partial charge is 0.497 e. The normalized spacial score (nSPS) is 10.5. The summed E-state index contributed by atoms with van der Waals surface area (Å²) in [4.78, 5) is 24.1. The van der Waals surface area contributed by atoms with Crippen LogP contribution in [0.25, 0.3) is 0 Å². The van der Waals surface area contributed by atoms with E-state index in [4.69, 9.17) is 9.15 Å². The first-order valence-electron chi connectivity index (χ1n) is 8.28. The summed E-state index contributed by atoms with van der Waals surface area (Å²) in [6.07, 6.45) is 1.56. The first-order valence-corrected chi connectivity index (χ1v) is 10.3. The third-order valence-corrected chi connectivity index (χ3v) is 5.56. The van der Waals surface area contributed by atoms with E-state index in [1.807, 2.05) is 0 Å². The lowest BCUT2D eigenvalue weighted by Crippen LogP contribution is -2.24. The smallest absolute Gasteiger partial charge is 0.286 e. The number of thioether (sulfide) groups is 1. The van der Waals surface area contributed by atoms with Crippen molar-refractivity contribution >= 4 is 40.6 Å². The van der Waals surface area contributed by atoms with E-state index in [2.05, 4.69) is 20.8 Å². The highest BCUT2D eigenvalue weighted by molar-refractivity contribution is 7.99. The van der Waals surface area contributed by atoms with E-state index >= 15 is 0 Å². The molecular formula is C18H18N4O4S2. The average molecular weight is 419 g/mol. The number of methoxy groups -OCH3 is 1. The molecule has 28 heavy (non-hydrogen) atoms. The van der Waals surface area contributed by atoms with Crippen LogP contribution in [0.2, 0.25) is 0 Å². The van der Waals surface area contributed by atoms with Crippen LogP contribution in [0.5, 0.6) is 5.75 Å². The zero-order valence-corrected chi connectivity index (χ0v) is 16.6. The van der Waals surface area contributed by atoms with Gasteiger partial charge in [-0.2, -0.15) is 0 Å². The number of hydrogen-bond donors (Lipinski definition) is 2.